The summed E-state index contributed by atoms with van der Waals surface area (Å²) in [7, 11) is -17.3. The van der Waals surface area contributed by atoms with Crippen molar-refractivity contribution in [3.63, 3.8) is 0 Å². The second kappa shape index (κ2) is 8.45. The summed E-state index contributed by atoms with van der Waals surface area (Å²) >= 11 is 4.82. The summed E-state index contributed by atoms with van der Waals surface area (Å²) in [6.07, 6.45) is -0.946. The fourth-order valence-electron chi connectivity index (χ4n) is 2.19. The lowest BCUT2D eigenvalue weighted by atomic mass is 10.00. The maximum Gasteiger partial charge on any atom is 0.490 e. The number of ether oxygens (including phenoxy) is 1. The molecule has 1 aromatic heterocycles. The van der Waals surface area contributed by atoms with E-state index in [0.717, 1.165) is 16.8 Å². The molecule has 1 aromatic rings. The Morgan fingerprint density at radius 2 is 1.87 bits per heavy atom. The maximum atomic E-state index is 15.2. The quantitative estimate of drug-likeness (QED) is 0.158. The summed E-state index contributed by atoms with van der Waals surface area (Å²) in [5.41, 5.74) is -3.84. The van der Waals surface area contributed by atoms with Crippen LogP contribution in [0.2, 0.25) is 0 Å². The maximum absolute atomic E-state index is 15.2. The Bertz CT molecular complexity index is 1130. The minimum absolute atomic E-state index is 0.420. The van der Waals surface area contributed by atoms with Crippen LogP contribution in [-0.4, -0.2) is 52.3 Å². The predicted molar refractivity (Wildman–Crippen MR) is 93.4 cm³/mol. The van der Waals surface area contributed by atoms with Crippen LogP contribution in [0, 0.1) is 17.1 Å². The number of nitrogens with one attached hydrogen (secondary N) is 1. The van der Waals surface area contributed by atoms with Crippen LogP contribution in [-0.2, 0) is 31.6 Å². The highest BCUT2D eigenvalue weighted by Crippen LogP contribution is 2.67. The van der Waals surface area contributed by atoms with Crippen molar-refractivity contribution in [2.24, 2.45) is 0 Å². The Hall–Kier alpha value is -1.08. The predicted octanol–water partition coefficient (Wildman–Crippen LogP) is -0.194. The monoisotopic (exact) mass is 512 g/mol. The zero-order chi connectivity index (χ0) is 23.1. The zero-order valence-corrected chi connectivity index (χ0v) is 17.5. The van der Waals surface area contributed by atoms with Gasteiger partial charge in [-0.2, -0.15) is 8.62 Å². The third-order valence-electron chi connectivity index (χ3n) is 3.29. The molecular weight excluding hydrogens is 500 g/mol. The number of aliphatic hydroxyl groups excluding tert-OH is 1. The Balaban J connectivity index is 2.31. The van der Waals surface area contributed by atoms with Crippen LogP contribution in [0.4, 0.5) is 4.39 Å². The molecule has 6 N–H and O–H groups in total. The molecule has 3 unspecified atom stereocenters. The Kier molecular flexibility index (Phi) is 7.10. The van der Waals surface area contributed by atoms with Gasteiger partial charge in [0.05, 0.1) is 0 Å². The molecule has 6 atom stereocenters. The molecule has 2 heterocycles. The van der Waals surface area contributed by atoms with Crippen molar-refractivity contribution in [2.45, 2.75) is 24.3 Å². The first kappa shape index (κ1) is 25.2. The minimum atomic E-state index is -5.87. The second-order valence-corrected chi connectivity index (χ2v) is 10.2. The number of terminal acetylenes is 1. The van der Waals surface area contributed by atoms with Gasteiger partial charge >= 0.3 is 23.5 Å². The Morgan fingerprint density at radius 3 is 2.37 bits per heavy atom. The molecule has 1 saturated heterocycles. The number of alkyl halides is 1. The number of hydrogen-bond acceptors (Lipinski definition) is 10. The summed E-state index contributed by atoms with van der Waals surface area (Å²) in [6.45, 7) is 0. The van der Waals surface area contributed by atoms with E-state index in [2.05, 4.69) is 18.1 Å². The molecule has 2 rings (SSSR count). The summed E-state index contributed by atoms with van der Waals surface area (Å²) in [6, 6.07) is 0.887. The molecule has 0 amide bonds. The minimum Gasteiger partial charge on any atom is -0.383 e. The molecule has 0 radical (unpaired) electrons. The molecule has 0 aliphatic carbocycles. The number of halogens is 1. The van der Waals surface area contributed by atoms with Crippen LogP contribution >= 0.6 is 35.7 Å². The van der Waals surface area contributed by atoms with Crippen LogP contribution in [0.15, 0.2) is 17.1 Å². The van der Waals surface area contributed by atoms with E-state index in [1.165, 1.54) is 0 Å². The van der Waals surface area contributed by atoms with Gasteiger partial charge in [-0.3, -0.25) is 18.9 Å². The molecule has 0 saturated carbocycles. The molecule has 1 fully saturated rings. The van der Waals surface area contributed by atoms with Crippen molar-refractivity contribution in [1.29, 1.82) is 0 Å². The Morgan fingerprint density at radius 1 is 1.27 bits per heavy atom. The fourth-order valence-corrected chi connectivity index (χ4v) is 5.54. The first-order valence-electron chi connectivity index (χ1n) is 7.13. The van der Waals surface area contributed by atoms with Crippen molar-refractivity contribution in [3.05, 3.63) is 27.4 Å². The van der Waals surface area contributed by atoms with Gasteiger partial charge in [0.25, 0.3) is 5.56 Å². The standard InChI is InChI=1S/C10H12FN2O13P3S/c1-2-10(11)6(15)7(23-8(10)13-4-3-5(14)12-9(13)30)24-28(19,20)26-29(21,22)25-27(16,17)18/h1,3-4,6-8,15H,(H,19,20)(H,21,22)(H,12,14,30)(H2,16,17,18)/t6-,7+,8+,10?/m0/s1. The van der Waals surface area contributed by atoms with Gasteiger partial charge in [0.1, 0.15) is 0 Å². The average Bonchev–Trinajstić information content (AvgIpc) is 2.76. The van der Waals surface area contributed by atoms with Crippen molar-refractivity contribution in [1.82, 2.24) is 9.55 Å². The summed E-state index contributed by atoms with van der Waals surface area (Å²) in [5, 5.41) is 10.1. The summed E-state index contributed by atoms with van der Waals surface area (Å²) in [4.78, 5) is 48.9. The summed E-state index contributed by atoms with van der Waals surface area (Å²) < 4.78 is 65.5. The van der Waals surface area contributed by atoms with E-state index in [1.807, 2.05) is 0 Å². The van der Waals surface area contributed by atoms with Crippen molar-refractivity contribution in [2.75, 3.05) is 0 Å². The van der Waals surface area contributed by atoms with Crippen LogP contribution < -0.4 is 5.56 Å². The number of phosphoric acid groups is 3. The first-order valence-corrected chi connectivity index (χ1v) is 12.1. The lowest BCUT2D eigenvalue weighted by Gasteiger charge is -2.24. The number of rotatable bonds is 7. The number of aromatic nitrogens is 2. The van der Waals surface area contributed by atoms with Gasteiger partial charge in [0.15, 0.2) is 17.1 Å². The van der Waals surface area contributed by atoms with Crippen LogP contribution in [0.25, 0.3) is 0 Å². The molecule has 0 spiro atoms. The number of nitrogens with zero attached hydrogens (tertiary/aromatic N) is 1. The number of phosphoric ester groups is 1. The average molecular weight is 512 g/mol. The van der Waals surface area contributed by atoms with Crippen molar-refractivity contribution >= 4 is 35.7 Å². The third-order valence-corrected chi connectivity index (χ3v) is 7.40. The van der Waals surface area contributed by atoms with Gasteiger partial charge in [-0.15, -0.1) is 6.42 Å². The van der Waals surface area contributed by atoms with E-state index in [-0.39, 0.29) is 0 Å². The molecule has 0 aromatic carbocycles. The third kappa shape index (κ3) is 5.78. The molecule has 15 nitrogen and oxygen atoms in total. The van der Waals surface area contributed by atoms with Crippen molar-refractivity contribution < 1.29 is 60.6 Å². The smallest absolute Gasteiger partial charge is 0.383 e. The van der Waals surface area contributed by atoms with E-state index in [1.54, 1.807) is 5.92 Å². The van der Waals surface area contributed by atoms with Gasteiger partial charge in [-0.25, -0.2) is 18.1 Å². The lowest BCUT2D eigenvalue weighted by Crippen LogP contribution is -2.42. The number of hydrogen-bond donors (Lipinski definition) is 6. The van der Waals surface area contributed by atoms with Crippen LogP contribution in [0.1, 0.15) is 6.23 Å². The SMILES string of the molecule is C#CC1(F)[C@@H](O)[C@@H](OP(=O)(O)OP(=O)(O)OP(=O)(O)O)O[C@H]1n1ccc(=O)[nH]c1=S. The molecule has 1 aliphatic rings. The first-order chi connectivity index (χ1) is 13.5. The highest BCUT2D eigenvalue weighted by Gasteiger charge is 2.60. The van der Waals surface area contributed by atoms with E-state index in [4.69, 9.17) is 38.1 Å². The second-order valence-electron chi connectivity index (χ2n) is 5.43. The highest BCUT2D eigenvalue weighted by atomic mass is 32.1. The molecule has 168 valence electrons. The highest BCUT2D eigenvalue weighted by molar-refractivity contribution is 7.71. The Labute approximate surface area is 170 Å². The molecule has 0 bridgehead atoms. The number of aliphatic hydroxyl groups is 1. The van der Waals surface area contributed by atoms with E-state index < -0.39 is 58.1 Å². The van der Waals surface area contributed by atoms with E-state index in [9.17, 15) is 28.5 Å². The topological polar surface area (TPSA) is 227 Å². The van der Waals surface area contributed by atoms with Gasteiger partial charge in [0, 0.05) is 12.3 Å². The number of H-pyrrole nitrogens is 1. The van der Waals surface area contributed by atoms with Crippen LogP contribution in [0.5, 0.6) is 0 Å². The van der Waals surface area contributed by atoms with Gasteiger partial charge in [-0.05, 0) is 12.2 Å². The fraction of sp³-hybridized carbons (Fsp3) is 0.400. The normalized spacial score (nSPS) is 30.9. The molecular formula is C10H12FN2O13P3S. The van der Waals surface area contributed by atoms with E-state index in [0.29, 0.717) is 0 Å². The van der Waals surface area contributed by atoms with Gasteiger partial charge in [0.2, 0.25) is 12.0 Å². The lowest BCUT2D eigenvalue weighted by molar-refractivity contribution is -0.134. The molecule has 1 aliphatic heterocycles. The van der Waals surface area contributed by atoms with Crippen molar-refractivity contribution in [3.8, 4) is 12.3 Å². The van der Waals surface area contributed by atoms with Gasteiger partial charge in [-0.1, -0.05) is 5.92 Å². The van der Waals surface area contributed by atoms with E-state index >= 15 is 4.39 Å². The molecule has 20 heteroatoms. The summed E-state index contributed by atoms with van der Waals surface area (Å²) in [5.74, 6) is 1.55. The molecule has 30 heavy (non-hydrogen) atoms. The van der Waals surface area contributed by atoms with Gasteiger partial charge < -0.3 is 29.4 Å². The largest absolute Gasteiger partial charge is 0.490 e. The zero-order valence-electron chi connectivity index (χ0n) is 14.0. The van der Waals surface area contributed by atoms with Crippen LogP contribution in [0.3, 0.4) is 0 Å². The number of aromatic amines is 1.